The first-order valence-corrected chi connectivity index (χ1v) is 14.4. The summed E-state index contributed by atoms with van der Waals surface area (Å²) in [5, 5.41) is 15.7. The van der Waals surface area contributed by atoms with Crippen LogP contribution in [0.1, 0.15) is 13.8 Å². The molecule has 2 aromatic heterocycles. The molecule has 13 heteroatoms. The van der Waals surface area contributed by atoms with Crippen molar-refractivity contribution in [1.29, 1.82) is 0 Å². The summed E-state index contributed by atoms with van der Waals surface area (Å²) in [7, 11) is -3.90. The molecule has 0 spiro atoms. The molecule has 0 saturated carbocycles. The minimum Gasteiger partial charge on any atom is -0.508 e. The fraction of sp³-hybridized carbons (Fsp3) is 0.185. The average Bonchev–Trinajstić information content (AvgIpc) is 3.48. The van der Waals surface area contributed by atoms with Crippen molar-refractivity contribution in [3.63, 3.8) is 0 Å². The molecular weight excluding hydrogens is 557 g/mol. The minimum atomic E-state index is -3.90. The highest BCUT2D eigenvalue weighted by Gasteiger charge is 2.43. The van der Waals surface area contributed by atoms with Crippen LogP contribution in [0.15, 0.2) is 76.0 Å². The fourth-order valence-corrected chi connectivity index (χ4v) is 6.87. The van der Waals surface area contributed by atoms with Crippen LogP contribution in [0.2, 0.25) is 0 Å². The Labute approximate surface area is 233 Å². The molecule has 0 radical (unpaired) electrons. The van der Waals surface area contributed by atoms with E-state index in [-0.39, 0.29) is 39.8 Å². The van der Waals surface area contributed by atoms with Crippen molar-refractivity contribution in [1.82, 2.24) is 20.2 Å². The lowest BCUT2D eigenvalue weighted by Crippen LogP contribution is -2.40. The largest absolute Gasteiger partial charge is 0.508 e. The molecule has 206 valence electrons. The predicted molar refractivity (Wildman–Crippen MR) is 147 cm³/mol. The van der Waals surface area contributed by atoms with Gasteiger partial charge in [0.2, 0.25) is 15.8 Å². The van der Waals surface area contributed by atoms with Crippen LogP contribution in [0, 0.1) is 5.82 Å². The molecule has 0 atom stereocenters. The summed E-state index contributed by atoms with van der Waals surface area (Å²) < 4.78 is 39.7. The smallest absolute Gasteiger partial charge is 0.325 e. The van der Waals surface area contributed by atoms with Gasteiger partial charge in [-0.25, -0.2) is 27.6 Å². The number of hydrogen-bond acceptors (Lipinski definition) is 9. The molecule has 40 heavy (non-hydrogen) atoms. The zero-order valence-electron chi connectivity index (χ0n) is 21.4. The first kappa shape index (κ1) is 27.2. The molecular formula is C27H24FN5O5S2. The number of imide groups is 1. The molecule has 3 N–H and O–H groups in total. The summed E-state index contributed by atoms with van der Waals surface area (Å²) >= 11 is 0.990. The summed E-state index contributed by atoms with van der Waals surface area (Å²) in [4.78, 5) is 35.2. The third kappa shape index (κ3) is 5.25. The monoisotopic (exact) mass is 581 g/mol. The van der Waals surface area contributed by atoms with Gasteiger partial charge in [0.1, 0.15) is 21.3 Å². The number of carbonyl (C=O) groups is 2. The summed E-state index contributed by atoms with van der Waals surface area (Å²) in [6.07, 6.45) is 1.55. The predicted octanol–water partition coefficient (Wildman–Crippen LogP) is 4.29. The Balaban J connectivity index is 1.46. The summed E-state index contributed by atoms with van der Waals surface area (Å²) in [5.74, 6) is -0.649. The van der Waals surface area contributed by atoms with Gasteiger partial charge in [-0.15, -0.1) is 11.3 Å². The van der Waals surface area contributed by atoms with Gasteiger partial charge < -0.3 is 15.7 Å². The number of benzene rings is 2. The van der Waals surface area contributed by atoms with E-state index in [1.807, 2.05) is 0 Å². The highest BCUT2D eigenvalue weighted by molar-refractivity contribution is 7.93. The minimum absolute atomic E-state index is 0.0351. The first-order valence-electron chi connectivity index (χ1n) is 12.1. The molecule has 1 saturated heterocycles. The van der Waals surface area contributed by atoms with E-state index in [2.05, 4.69) is 20.6 Å². The SMILES string of the molecule is CC1(C)NC(=O)N(CCNc2ncc(-c3cccc(O)c3)c(-c3ccc(S(=O)(=O)c4ccc(F)cc4)s3)n2)C1=O. The van der Waals surface area contributed by atoms with E-state index < -0.39 is 27.2 Å². The summed E-state index contributed by atoms with van der Waals surface area (Å²) in [6, 6.07) is 13.7. The van der Waals surface area contributed by atoms with E-state index in [4.69, 9.17) is 0 Å². The van der Waals surface area contributed by atoms with E-state index in [0.717, 1.165) is 28.4 Å². The molecule has 0 bridgehead atoms. The second kappa shape index (κ2) is 10.3. The van der Waals surface area contributed by atoms with Crippen LogP contribution in [-0.4, -0.2) is 59.0 Å². The molecule has 1 aliphatic rings. The number of aromatic nitrogens is 2. The normalized spacial score (nSPS) is 14.8. The van der Waals surface area contributed by atoms with E-state index in [0.29, 0.717) is 21.7 Å². The molecule has 4 aromatic rings. The quantitative estimate of drug-likeness (QED) is 0.207. The average molecular weight is 582 g/mol. The molecule has 3 heterocycles. The number of rotatable bonds is 8. The van der Waals surface area contributed by atoms with Crippen molar-refractivity contribution in [2.75, 3.05) is 18.4 Å². The maximum Gasteiger partial charge on any atom is 0.325 e. The maximum absolute atomic E-state index is 13.4. The van der Waals surface area contributed by atoms with Crippen LogP contribution in [0.4, 0.5) is 15.1 Å². The third-order valence-electron chi connectivity index (χ3n) is 6.21. The topological polar surface area (TPSA) is 142 Å². The standard InChI is InChI=1S/C27H24FN5O5S2/c1-27(2)24(35)33(26(36)32-27)13-12-29-25-30-15-20(16-4-3-5-18(34)14-16)23(31-25)21-10-11-22(39-21)40(37,38)19-8-6-17(28)7-9-19/h3-11,14-15,34H,12-13H2,1-2H3,(H,32,36)(H,29,30,31). The molecule has 1 fully saturated rings. The van der Waals surface area contributed by atoms with E-state index in [1.54, 1.807) is 44.3 Å². The third-order valence-corrected chi connectivity index (χ3v) is 9.57. The Kier molecular flexibility index (Phi) is 7.02. The van der Waals surface area contributed by atoms with Crippen molar-refractivity contribution in [3.8, 4) is 27.4 Å². The number of aromatic hydroxyl groups is 1. The molecule has 2 aromatic carbocycles. The maximum atomic E-state index is 13.4. The van der Waals surface area contributed by atoms with E-state index in [9.17, 15) is 27.5 Å². The highest BCUT2D eigenvalue weighted by Crippen LogP contribution is 2.38. The number of thiophene rings is 1. The Morgan fingerprint density at radius 2 is 1.85 bits per heavy atom. The van der Waals surface area contributed by atoms with Crippen LogP contribution < -0.4 is 10.6 Å². The van der Waals surface area contributed by atoms with Gasteiger partial charge in [-0.1, -0.05) is 12.1 Å². The van der Waals surface area contributed by atoms with Crippen LogP contribution >= 0.6 is 11.3 Å². The Morgan fingerprint density at radius 3 is 2.52 bits per heavy atom. The van der Waals surface area contributed by atoms with Gasteiger partial charge in [-0.3, -0.25) is 9.69 Å². The molecule has 10 nitrogen and oxygen atoms in total. The van der Waals surface area contributed by atoms with Crippen LogP contribution in [0.25, 0.3) is 21.7 Å². The molecule has 1 aliphatic heterocycles. The number of hydrogen-bond donors (Lipinski definition) is 3. The number of urea groups is 1. The first-order chi connectivity index (χ1) is 19.0. The number of amides is 3. The van der Waals surface area contributed by atoms with E-state index in [1.165, 1.54) is 24.3 Å². The summed E-state index contributed by atoms with van der Waals surface area (Å²) in [5.41, 5.74) is 0.587. The lowest BCUT2D eigenvalue weighted by molar-refractivity contribution is -0.130. The van der Waals surface area contributed by atoms with Crippen LogP contribution in [0.5, 0.6) is 5.75 Å². The number of phenols is 1. The van der Waals surface area contributed by atoms with Gasteiger partial charge in [0.05, 0.1) is 15.5 Å². The number of nitrogens with zero attached hydrogens (tertiary/aromatic N) is 3. The molecule has 0 unspecified atom stereocenters. The molecule has 3 amide bonds. The number of sulfone groups is 1. The Morgan fingerprint density at radius 1 is 1.10 bits per heavy atom. The van der Waals surface area contributed by atoms with Gasteiger partial charge in [-0.05, 0) is 67.9 Å². The highest BCUT2D eigenvalue weighted by atomic mass is 32.2. The number of nitrogens with one attached hydrogen (secondary N) is 2. The van der Waals surface area contributed by atoms with Crippen molar-refractivity contribution >= 4 is 39.1 Å². The van der Waals surface area contributed by atoms with Crippen LogP contribution in [0.3, 0.4) is 0 Å². The van der Waals surface area contributed by atoms with Crippen LogP contribution in [-0.2, 0) is 14.6 Å². The number of halogens is 1. The van der Waals surface area contributed by atoms with E-state index >= 15 is 0 Å². The van der Waals surface area contributed by atoms with Gasteiger partial charge in [0.15, 0.2) is 0 Å². The van der Waals surface area contributed by atoms with Crippen molar-refractivity contribution in [2.24, 2.45) is 0 Å². The number of carbonyl (C=O) groups excluding carboxylic acids is 2. The second-order valence-corrected chi connectivity index (χ2v) is 12.8. The molecule has 5 rings (SSSR count). The zero-order chi connectivity index (χ0) is 28.7. The summed E-state index contributed by atoms with van der Waals surface area (Å²) in [6.45, 7) is 3.51. The van der Waals surface area contributed by atoms with Crippen molar-refractivity contribution in [2.45, 2.75) is 28.5 Å². The second-order valence-electron chi connectivity index (χ2n) is 9.52. The van der Waals surface area contributed by atoms with Crippen molar-refractivity contribution in [3.05, 3.63) is 72.7 Å². The lowest BCUT2D eigenvalue weighted by Gasteiger charge is -2.16. The van der Waals surface area contributed by atoms with Gasteiger partial charge in [0.25, 0.3) is 5.91 Å². The van der Waals surface area contributed by atoms with Gasteiger partial charge in [-0.2, -0.15) is 0 Å². The van der Waals surface area contributed by atoms with Gasteiger partial charge in [0, 0.05) is 24.8 Å². The molecule has 0 aliphatic carbocycles. The fourth-order valence-electron chi connectivity index (χ4n) is 4.16. The Hall–Kier alpha value is -4.36. The zero-order valence-corrected chi connectivity index (χ0v) is 23.0. The van der Waals surface area contributed by atoms with Gasteiger partial charge >= 0.3 is 6.03 Å². The Bertz CT molecular complexity index is 1720. The number of phenolic OH excluding ortho intramolecular Hbond substituents is 1. The number of anilines is 1. The lowest BCUT2D eigenvalue weighted by atomic mass is 10.0. The van der Waals surface area contributed by atoms with Crippen molar-refractivity contribution < 1.29 is 27.5 Å².